The third-order valence-corrected chi connectivity index (χ3v) is 4.85. The van der Waals surface area contributed by atoms with Crippen molar-refractivity contribution < 1.29 is 4.74 Å². The molecule has 1 aliphatic heterocycles. The Morgan fingerprint density at radius 1 is 1.29 bits per heavy atom. The maximum atomic E-state index is 11.5. The first kappa shape index (κ1) is 17.0. The SMILES string of the molecule is C=c1[nH]c(=O)[nH]/c1=C\c1cnn2c(NC3CC3)cc(NN3CCOCC3)nc12. The van der Waals surface area contributed by atoms with Crippen LogP contribution in [0.2, 0.25) is 0 Å². The summed E-state index contributed by atoms with van der Waals surface area (Å²) in [5, 5.41) is 11.3. The van der Waals surface area contributed by atoms with Gasteiger partial charge >= 0.3 is 5.69 Å². The van der Waals surface area contributed by atoms with E-state index in [1.807, 2.05) is 12.1 Å². The maximum absolute atomic E-state index is 11.5. The number of rotatable bonds is 5. The predicted molar refractivity (Wildman–Crippen MR) is 105 cm³/mol. The van der Waals surface area contributed by atoms with E-state index < -0.39 is 0 Å². The molecule has 0 atom stereocenters. The molecular formula is C18H22N8O2. The number of imidazole rings is 1. The molecule has 2 fully saturated rings. The quantitative estimate of drug-likeness (QED) is 0.457. The van der Waals surface area contributed by atoms with Crippen LogP contribution < -0.4 is 27.1 Å². The Bertz CT molecular complexity index is 1170. The molecule has 0 unspecified atom stereocenters. The van der Waals surface area contributed by atoms with Crippen LogP contribution in [0.1, 0.15) is 18.4 Å². The number of fused-ring (bicyclic) bond motifs is 1. The number of ether oxygens (including phenoxy) is 1. The minimum atomic E-state index is -0.286. The fourth-order valence-electron chi connectivity index (χ4n) is 3.23. The van der Waals surface area contributed by atoms with Gasteiger partial charge in [0.05, 0.1) is 30.1 Å². The minimum Gasteiger partial charge on any atom is -0.379 e. The van der Waals surface area contributed by atoms with Crippen LogP contribution in [-0.4, -0.2) is 61.9 Å². The zero-order chi connectivity index (χ0) is 19.1. The van der Waals surface area contributed by atoms with Gasteiger partial charge < -0.3 is 25.4 Å². The molecule has 0 aromatic carbocycles. The highest BCUT2D eigenvalue weighted by Crippen LogP contribution is 2.27. The number of hydrogen-bond acceptors (Lipinski definition) is 7. The third kappa shape index (κ3) is 3.39. The molecule has 1 saturated heterocycles. The number of hydrazine groups is 1. The summed E-state index contributed by atoms with van der Waals surface area (Å²) in [5.41, 5.74) is 4.58. The minimum absolute atomic E-state index is 0.286. The Morgan fingerprint density at radius 3 is 2.82 bits per heavy atom. The van der Waals surface area contributed by atoms with E-state index >= 15 is 0 Å². The number of aromatic nitrogens is 5. The molecule has 1 aliphatic carbocycles. The maximum Gasteiger partial charge on any atom is 0.323 e. The molecule has 10 nitrogen and oxygen atoms in total. The van der Waals surface area contributed by atoms with Gasteiger partial charge in [0.15, 0.2) is 5.65 Å². The Labute approximate surface area is 159 Å². The first-order valence-electron chi connectivity index (χ1n) is 9.39. The standard InChI is InChI=1S/C18H22N8O2/c1-11-14(22-18(27)20-11)8-12-10-19-26-16(21-13-2-3-13)9-15(23-17(12)26)24-25-4-6-28-7-5-25/h8-10,13,21H,1-7H2,(H,23,24)(H2,20,22,27)/b14-8-. The highest BCUT2D eigenvalue weighted by molar-refractivity contribution is 5.69. The third-order valence-electron chi connectivity index (χ3n) is 4.85. The molecule has 1 saturated carbocycles. The summed E-state index contributed by atoms with van der Waals surface area (Å²) in [6, 6.07) is 2.45. The lowest BCUT2D eigenvalue weighted by molar-refractivity contribution is 0.0495. The van der Waals surface area contributed by atoms with Crippen molar-refractivity contribution in [2.75, 3.05) is 37.0 Å². The summed E-state index contributed by atoms with van der Waals surface area (Å²) in [6.45, 7) is 6.84. The summed E-state index contributed by atoms with van der Waals surface area (Å²) < 4.78 is 7.20. The molecule has 0 radical (unpaired) electrons. The van der Waals surface area contributed by atoms with Crippen molar-refractivity contribution >= 4 is 29.9 Å². The van der Waals surface area contributed by atoms with Crippen molar-refractivity contribution in [3.05, 3.63) is 39.0 Å². The zero-order valence-corrected chi connectivity index (χ0v) is 15.4. The number of nitrogens with one attached hydrogen (secondary N) is 4. The normalized spacial score (nSPS) is 18.6. The van der Waals surface area contributed by atoms with Crippen LogP contribution in [0, 0.1) is 0 Å². The zero-order valence-electron chi connectivity index (χ0n) is 15.4. The molecule has 0 spiro atoms. The van der Waals surface area contributed by atoms with Gasteiger partial charge in [0.1, 0.15) is 11.6 Å². The molecule has 146 valence electrons. The van der Waals surface area contributed by atoms with E-state index in [9.17, 15) is 4.79 Å². The smallest absolute Gasteiger partial charge is 0.323 e. The average molecular weight is 382 g/mol. The fraction of sp³-hybridized carbons (Fsp3) is 0.389. The van der Waals surface area contributed by atoms with E-state index in [0.29, 0.717) is 35.6 Å². The van der Waals surface area contributed by atoms with E-state index in [2.05, 4.69) is 37.4 Å². The van der Waals surface area contributed by atoms with Crippen LogP contribution in [-0.2, 0) is 4.74 Å². The van der Waals surface area contributed by atoms with E-state index in [4.69, 9.17) is 9.72 Å². The first-order chi connectivity index (χ1) is 13.7. The molecule has 2 aliphatic rings. The van der Waals surface area contributed by atoms with Crippen LogP contribution in [0.3, 0.4) is 0 Å². The second-order valence-electron chi connectivity index (χ2n) is 7.11. The van der Waals surface area contributed by atoms with Crippen LogP contribution in [0.25, 0.3) is 18.3 Å². The lowest BCUT2D eigenvalue weighted by Gasteiger charge is -2.27. The summed E-state index contributed by atoms with van der Waals surface area (Å²) in [5.74, 6) is 1.63. The number of H-pyrrole nitrogens is 2. The van der Waals surface area contributed by atoms with Gasteiger partial charge in [0, 0.05) is 30.8 Å². The molecule has 10 heteroatoms. The van der Waals surface area contributed by atoms with Crippen molar-refractivity contribution in [1.82, 2.24) is 29.6 Å². The number of anilines is 2. The summed E-state index contributed by atoms with van der Waals surface area (Å²) in [4.78, 5) is 21.7. The molecule has 3 aromatic heterocycles. The Balaban J connectivity index is 1.58. The number of hydrogen-bond donors (Lipinski definition) is 4. The highest BCUT2D eigenvalue weighted by Gasteiger charge is 2.23. The lowest BCUT2D eigenvalue weighted by atomic mass is 10.3. The van der Waals surface area contributed by atoms with Crippen molar-refractivity contribution in [2.24, 2.45) is 0 Å². The van der Waals surface area contributed by atoms with Crippen molar-refractivity contribution in [3.8, 4) is 0 Å². The second kappa shape index (κ2) is 6.80. The summed E-state index contributed by atoms with van der Waals surface area (Å²) >= 11 is 0. The van der Waals surface area contributed by atoms with Crippen LogP contribution in [0.4, 0.5) is 11.6 Å². The summed E-state index contributed by atoms with van der Waals surface area (Å²) in [7, 11) is 0. The van der Waals surface area contributed by atoms with Gasteiger partial charge in [-0.2, -0.15) is 9.61 Å². The molecule has 4 heterocycles. The number of aromatic amines is 2. The van der Waals surface area contributed by atoms with Crippen LogP contribution >= 0.6 is 0 Å². The molecule has 3 aromatic rings. The van der Waals surface area contributed by atoms with Gasteiger partial charge in [0.25, 0.3) is 0 Å². The van der Waals surface area contributed by atoms with Crippen molar-refractivity contribution in [3.63, 3.8) is 0 Å². The lowest BCUT2D eigenvalue weighted by Crippen LogP contribution is -2.40. The molecule has 4 N–H and O–H groups in total. The fourth-order valence-corrected chi connectivity index (χ4v) is 3.23. The highest BCUT2D eigenvalue weighted by atomic mass is 16.5. The Morgan fingerprint density at radius 2 is 2.11 bits per heavy atom. The Kier molecular flexibility index (Phi) is 4.14. The largest absolute Gasteiger partial charge is 0.379 e. The second-order valence-corrected chi connectivity index (χ2v) is 7.11. The first-order valence-corrected chi connectivity index (χ1v) is 9.39. The molecule has 0 bridgehead atoms. The van der Waals surface area contributed by atoms with Gasteiger partial charge in [-0.25, -0.2) is 14.8 Å². The van der Waals surface area contributed by atoms with E-state index in [1.165, 1.54) is 0 Å². The monoisotopic (exact) mass is 382 g/mol. The number of morpholine rings is 1. The van der Waals surface area contributed by atoms with Gasteiger partial charge in [-0.15, -0.1) is 0 Å². The summed E-state index contributed by atoms with van der Waals surface area (Å²) in [6.07, 6.45) is 5.89. The molecule has 5 rings (SSSR count). The number of nitrogens with zero attached hydrogens (tertiary/aromatic N) is 4. The molecule has 0 amide bonds. The van der Waals surface area contributed by atoms with Gasteiger partial charge in [-0.05, 0) is 18.9 Å². The molecule has 28 heavy (non-hydrogen) atoms. The van der Waals surface area contributed by atoms with Gasteiger partial charge in [-0.1, -0.05) is 6.58 Å². The molecular weight excluding hydrogens is 360 g/mol. The van der Waals surface area contributed by atoms with E-state index in [-0.39, 0.29) is 5.69 Å². The predicted octanol–water partition coefficient (Wildman–Crippen LogP) is -0.782. The van der Waals surface area contributed by atoms with Gasteiger partial charge in [0.2, 0.25) is 0 Å². The van der Waals surface area contributed by atoms with E-state index in [0.717, 1.165) is 43.1 Å². The van der Waals surface area contributed by atoms with Crippen LogP contribution in [0.15, 0.2) is 17.1 Å². The van der Waals surface area contributed by atoms with Crippen LogP contribution in [0.5, 0.6) is 0 Å². The van der Waals surface area contributed by atoms with E-state index in [1.54, 1.807) is 10.7 Å². The van der Waals surface area contributed by atoms with Crippen molar-refractivity contribution in [1.29, 1.82) is 0 Å². The topological polar surface area (TPSA) is 115 Å². The average Bonchev–Trinajstić information content (AvgIpc) is 3.32. The Hall–Kier alpha value is -3.11. The van der Waals surface area contributed by atoms with Gasteiger partial charge in [-0.3, -0.25) is 0 Å². The van der Waals surface area contributed by atoms with Crippen molar-refractivity contribution in [2.45, 2.75) is 18.9 Å².